The highest BCUT2D eigenvalue weighted by molar-refractivity contribution is 5.85. The van der Waals surface area contributed by atoms with Crippen LogP contribution in [-0.2, 0) is 15.7 Å². The first kappa shape index (κ1) is 40.6. The van der Waals surface area contributed by atoms with E-state index < -0.39 is 11.7 Å². The lowest BCUT2D eigenvalue weighted by Gasteiger charge is -2.57. The molecule has 0 amide bonds. The van der Waals surface area contributed by atoms with Gasteiger partial charge in [0.2, 0.25) is 0 Å². The van der Waals surface area contributed by atoms with E-state index in [1.165, 1.54) is 50.7 Å². The summed E-state index contributed by atoms with van der Waals surface area (Å²) in [6.45, 7) is 11.5. The fourth-order valence-electron chi connectivity index (χ4n) is 11.6. The van der Waals surface area contributed by atoms with Gasteiger partial charge >= 0.3 is 6.18 Å². The quantitative estimate of drug-likeness (QED) is 0.287. The van der Waals surface area contributed by atoms with Gasteiger partial charge in [-0.2, -0.15) is 13.2 Å². The number of alkyl halides is 3. The molecule has 0 radical (unpaired) electrons. The first-order valence-corrected chi connectivity index (χ1v) is 20.0. The number of aliphatic hydroxyl groups excluding tert-OH is 1. The number of rotatable bonds is 6. The summed E-state index contributed by atoms with van der Waals surface area (Å²) in [5.74, 6) is 4.11. The average molecular weight is 760 g/mol. The van der Waals surface area contributed by atoms with Crippen LogP contribution in [0.1, 0.15) is 109 Å². The Balaban J connectivity index is 0.000000188. The highest BCUT2D eigenvalue weighted by Gasteiger charge is 2.67. The molecular formula is C44H61ClF3NO4. The van der Waals surface area contributed by atoms with E-state index in [0.717, 1.165) is 68.4 Å². The van der Waals surface area contributed by atoms with Gasteiger partial charge in [0, 0.05) is 18.8 Å². The van der Waals surface area contributed by atoms with Crippen molar-refractivity contribution in [3.8, 4) is 5.75 Å². The normalized spacial score (nSPS) is 39.2. The molecule has 2 N–H and O–H groups in total. The van der Waals surface area contributed by atoms with Gasteiger partial charge in [0.1, 0.15) is 11.9 Å². The molecule has 5 nitrogen and oxygen atoms in total. The number of ether oxygens (including phenoxy) is 3. The summed E-state index contributed by atoms with van der Waals surface area (Å²) in [6, 6.07) is 14.4. The van der Waals surface area contributed by atoms with Crippen molar-refractivity contribution in [3.63, 3.8) is 0 Å². The number of hydrogen-bond donors (Lipinski definition) is 2. The lowest BCUT2D eigenvalue weighted by Crippen LogP contribution is -2.50. The summed E-state index contributed by atoms with van der Waals surface area (Å²) in [5.41, 5.74) is 2.78. The average Bonchev–Trinajstić information content (AvgIpc) is 3.57. The third-order valence-corrected chi connectivity index (χ3v) is 14.6. The smallest absolute Gasteiger partial charge is 0.416 e. The summed E-state index contributed by atoms with van der Waals surface area (Å²) in [6.07, 6.45) is 9.79. The van der Waals surface area contributed by atoms with Crippen LogP contribution in [0.25, 0.3) is 0 Å². The zero-order chi connectivity index (χ0) is 36.9. The van der Waals surface area contributed by atoms with Crippen molar-refractivity contribution < 1.29 is 32.5 Å². The molecule has 12 atom stereocenters. The van der Waals surface area contributed by atoms with E-state index in [0.29, 0.717) is 46.4 Å². The molecule has 0 aromatic heterocycles. The van der Waals surface area contributed by atoms with Crippen molar-refractivity contribution in [2.24, 2.45) is 46.3 Å². The Morgan fingerprint density at radius 2 is 1.70 bits per heavy atom. The number of nitrogens with one attached hydrogen (secondary N) is 1. The van der Waals surface area contributed by atoms with Crippen LogP contribution < -0.4 is 10.1 Å². The van der Waals surface area contributed by atoms with Gasteiger partial charge in [0.05, 0.1) is 24.4 Å². The molecule has 2 aromatic carbocycles. The number of halogens is 4. The van der Waals surface area contributed by atoms with E-state index >= 15 is 0 Å². The van der Waals surface area contributed by atoms with E-state index in [1.54, 1.807) is 5.57 Å². The molecule has 1 spiro atoms. The highest BCUT2D eigenvalue weighted by Crippen LogP contribution is 2.69. The molecule has 5 fully saturated rings. The maximum atomic E-state index is 12.6. The minimum atomic E-state index is -4.33. The lowest BCUT2D eigenvalue weighted by molar-refractivity contribution is -0.272. The van der Waals surface area contributed by atoms with Crippen molar-refractivity contribution in [2.45, 2.75) is 122 Å². The van der Waals surface area contributed by atoms with Gasteiger partial charge in [0.15, 0.2) is 5.79 Å². The Labute approximate surface area is 321 Å². The standard InChI is InChI=1S/C27H42O3.C17H18F3NO.ClH/c1-16-7-12-27(29-15-16)17(2)24-23(30-27)14-22-20-6-5-18-13-19(28)8-10-25(18,3)21(20)9-11-26(22,24)4;1-21-12-11-16(13-5-3-2-4-6-13)22-15-9-7-14(8-10-15)17(18,19)20;/h9,16-20,22-24,28H,5-8,10-15H2,1-4H3;2-10,16,21H,11-12H2,1H3;1H. The molecule has 3 saturated carbocycles. The van der Waals surface area contributed by atoms with Crippen molar-refractivity contribution >= 4 is 12.4 Å². The van der Waals surface area contributed by atoms with Gasteiger partial charge in [-0.05, 0) is 135 Å². The third-order valence-electron chi connectivity index (χ3n) is 14.6. The zero-order valence-corrected chi connectivity index (χ0v) is 33.0. The minimum Gasteiger partial charge on any atom is -0.486 e. The van der Waals surface area contributed by atoms with Crippen LogP contribution in [-0.4, -0.2) is 43.3 Å². The molecule has 2 aromatic rings. The van der Waals surface area contributed by atoms with Gasteiger partial charge < -0.3 is 24.6 Å². The molecule has 4 aliphatic carbocycles. The van der Waals surface area contributed by atoms with E-state index in [1.807, 2.05) is 37.4 Å². The molecule has 53 heavy (non-hydrogen) atoms. The van der Waals surface area contributed by atoms with Crippen LogP contribution in [0.5, 0.6) is 5.75 Å². The van der Waals surface area contributed by atoms with Crippen LogP contribution in [0.15, 0.2) is 66.2 Å². The largest absolute Gasteiger partial charge is 0.486 e. The van der Waals surface area contributed by atoms with Gasteiger partial charge in [-0.1, -0.05) is 69.7 Å². The summed E-state index contributed by atoms with van der Waals surface area (Å²) in [5, 5.41) is 13.3. The first-order chi connectivity index (χ1) is 24.8. The molecule has 6 aliphatic rings. The molecule has 294 valence electrons. The monoisotopic (exact) mass is 759 g/mol. The molecule has 0 bridgehead atoms. The molecule has 2 aliphatic heterocycles. The molecule has 8 rings (SSSR count). The van der Waals surface area contributed by atoms with E-state index in [4.69, 9.17) is 14.2 Å². The zero-order valence-electron chi connectivity index (χ0n) is 32.2. The third kappa shape index (κ3) is 7.70. The van der Waals surface area contributed by atoms with Crippen LogP contribution in [0.2, 0.25) is 0 Å². The molecular weight excluding hydrogens is 699 g/mol. The van der Waals surface area contributed by atoms with Crippen LogP contribution in [0, 0.1) is 46.3 Å². The van der Waals surface area contributed by atoms with Gasteiger partial charge in [0.25, 0.3) is 0 Å². The SMILES string of the molecule is CC1CCC2(OC1)OC1CC3C4CCC5CC(O)CCC5(C)C4=CCC3(C)C1C2C.CNCCC(Oc1ccc(C(F)(F)F)cc1)c1ccccc1.Cl. The molecule has 2 saturated heterocycles. The second kappa shape index (κ2) is 15.8. The fourth-order valence-corrected chi connectivity index (χ4v) is 11.6. The molecule has 2 heterocycles. The Morgan fingerprint density at radius 1 is 0.962 bits per heavy atom. The summed E-state index contributed by atoms with van der Waals surface area (Å²) in [4.78, 5) is 0. The Morgan fingerprint density at radius 3 is 2.36 bits per heavy atom. The maximum Gasteiger partial charge on any atom is 0.416 e. The van der Waals surface area contributed by atoms with Gasteiger partial charge in [-0.15, -0.1) is 12.4 Å². The van der Waals surface area contributed by atoms with Crippen molar-refractivity contribution in [1.82, 2.24) is 5.32 Å². The summed E-state index contributed by atoms with van der Waals surface area (Å²) in [7, 11) is 1.85. The van der Waals surface area contributed by atoms with Crippen molar-refractivity contribution in [1.29, 1.82) is 0 Å². The summed E-state index contributed by atoms with van der Waals surface area (Å²) >= 11 is 0. The van der Waals surface area contributed by atoms with Crippen LogP contribution >= 0.6 is 12.4 Å². The van der Waals surface area contributed by atoms with E-state index in [9.17, 15) is 18.3 Å². The van der Waals surface area contributed by atoms with Gasteiger partial charge in [-0.3, -0.25) is 0 Å². The van der Waals surface area contributed by atoms with Crippen molar-refractivity contribution in [2.75, 3.05) is 20.2 Å². The lowest BCUT2D eigenvalue weighted by atomic mass is 9.48. The number of hydrogen-bond acceptors (Lipinski definition) is 5. The van der Waals surface area contributed by atoms with Gasteiger partial charge in [-0.25, -0.2) is 0 Å². The highest BCUT2D eigenvalue weighted by atomic mass is 35.5. The second-order valence-corrected chi connectivity index (χ2v) is 17.6. The number of allylic oxidation sites excluding steroid dienone is 2. The van der Waals surface area contributed by atoms with E-state index in [-0.39, 0.29) is 30.4 Å². The molecule has 12 unspecified atom stereocenters. The topological polar surface area (TPSA) is 60.0 Å². The summed E-state index contributed by atoms with van der Waals surface area (Å²) < 4.78 is 56.9. The Hall–Kier alpha value is -2.10. The van der Waals surface area contributed by atoms with Crippen molar-refractivity contribution in [3.05, 3.63) is 77.4 Å². The minimum absolute atomic E-state index is 0. The Kier molecular flexibility index (Phi) is 12.1. The first-order valence-electron chi connectivity index (χ1n) is 20.0. The number of aliphatic hydroxyl groups is 1. The Bertz CT molecular complexity index is 1550. The number of benzene rings is 2. The number of fused-ring (bicyclic) bond motifs is 7. The predicted octanol–water partition coefficient (Wildman–Crippen LogP) is 10.6. The maximum absolute atomic E-state index is 12.6. The fraction of sp³-hybridized carbons (Fsp3) is 0.682. The van der Waals surface area contributed by atoms with Crippen LogP contribution in [0.4, 0.5) is 13.2 Å². The second-order valence-electron chi connectivity index (χ2n) is 17.6. The van der Waals surface area contributed by atoms with E-state index in [2.05, 4.69) is 39.1 Å². The van der Waals surface area contributed by atoms with Crippen LogP contribution in [0.3, 0.4) is 0 Å². The predicted molar refractivity (Wildman–Crippen MR) is 205 cm³/mol. The molecule has 9 heteroatoms.